The lowest BCUT2D eigenvalue weighted by atomic mass is 10.1. The smallest absolute Gasteiger partial charge is 0.339 e. The van der Waals surface area contributed by atoms with E-state index in [9.17, 15) is 9.59 Å². The van der Waals surface area contributed by atoms with E-state index in [1.165, 1.54) is 6.07 Å². The van der Waals surface area contributed by atoms with Crippen LogP contribution in [0.4, 0.5) is 0 Å². The van der Waals surface area contributed by atoms with Crippen LogP contribution in [0.5, 0.6) is 0 Å². The number of aromatic carboxylic acids is 1. The van der Waals surface area contributed by atoms with Crippen molar-refractivity contribution in [1.82, 2.24) is 5.32 Å². The quantitative estimate of drug-likeness (QED) is 0.890. The van der Waals surface area contributed by atoms with Gasteiger partial charge in [-0.2, -0.15) is 0 Å². The molecule has 0 radical (unpaired) electrons. The van der Waals surface area contributed by atoms with Gasteiger partial charge in [0.15, 0.2) is 0 Å². The highest BCUT2D eigenvalue weighted by Gasteiger charge is 2.14. The van der Waals surface area contributed by atoms with Gasteiger partial charge in [0.25, 0.3) is 0 Å². The van der Waals surface area contributed by atoms with Gasteiger partial charge in [-0.3, -0.25) is 4.79 Å². The molecule has 2 N–H and O–H groups in total. The Hall–Kier alpha value is -2.27. The third kappa shape index (κ3) is 3.86. The van der Waals surface area contributed by atoms with Crippen molar-refractivity contribution >= 4 is 23.5 Å². The Bertz CT molecular complexity index is 678. The molecule has 0 saturated heterocycles. The number of carboxylic acids is 1. The number of nitrogens with one attached hydrogen (secondary N) is 1. The van der Waals surface area contributed by atoms with Crippen molar-refractivity contribution in [3.05, 3.63) is 58.0 Å². The molecule has 0 aliphatic carbocycles. The maximum atomic E-state index is 11.8. The molecule has 6 heteroatoms. The Morgan fingerprint density at radius 1 is 1.33 bits per heavy atom. The Kier molecular flexibility index (Phi) is 4.65. The van der Waals surface area contributed by atoms with E-state index in [-0.39, 0.29) is 24.4 Å². The normalized spacial score (nSPS) is 10.4. The molecule has 0 fully saturated rings. The van der Waals surface area contributed by atoms with Crippen molar-refractivity contribution in [1.29, 1.82) is 0 Å². The van der Waals surface area contributed by atoms with Gasteiger partial charge >= 0.3 is 5.97 Å². The number of hydrogen-bond donors (Lipinski definition) is 2. The van der Waals surface area contributed by atoms with E-state index in [4.69, 9.17) is 21.1 Å². The average molecular weight is 308 g/mol. The molecule has 1 aromatic carbocycles. The molecule has 0 aliphatic heterocycles. The first-order valence-corrected chi connectivity index (χ1v) is 6.68. The van der Waals surface area contributed by atoms with Gasteiger partial charge in [0.1, 0.15) is 17.1 Å². The summed E-state index contributed by atoms with van der Waals surface area (Å²) in [4.78, 5) is 22.7. The number of carbonyl (C=O) groups excluding carboxylic acids is 1. The van der Waals surface area contributed by atoms with Gasteiger partial charge in [0.2, 0.25) is 5.91 Å². The Balaban J connectivity index is 1.94. The molecule has 1 amide bonds. The lowest BCUT2D eigenvalue weighted by molar-refractivity contribution is -0.120. The molecule has 2 aromatic rings. The number of carbonyl (C=O) groups is 2. The monoisotopic (exact) mass is 307 g/mol. The number of furan rings is 1. The van der Waals surface area contributed by atoms with Gasteiger partial charge < -0.3 is 14.8 Å². The number of amides is 1. The van der Waals surface area contributed by atoms with E-state index in [0.29, 0.717) is 16.5 Å². The van der Waals surface area contributed by atoms with E-state index in [0.717, 1.165) is 5.56 Å². The van der Waals surface area contributed by atoms with Crippen LogP contribution in [0, 0.1) is 6.92 Å². The van der Waals surface area contributed by atoms with E-state index in [2.05, 4.69) is 5.32 Å². The molecule has 0 bridgehead atoms. The molecule has 1 heterocycles. The highest BCUT2D eigenvalue weighted by atomic mass is 35.5. The van der Waals surface area contributed by atoms with Crippen LogP contribution >= 0.6 is 11.6 Å². The summed E-state index contributed by atoms with van der Waals surface area (Å²) in [6.07, 6.45) is 0.158. The summed E-state index contributed by atoms with van der Waals surface area (Å²) < 4.78 is 5.28. The van der Waals surface area contributed by atoms with Crippen molar-refractivity contribution in [2.45, 2.75) is 19.9 Å². The summed E-state index contributed by atoms with van der Waals surface area (Å²) in [6.45, 7) is 1.70. The summed E-state index contributed by atoms with van der Waals surface area (Å²) in [5, 5.41) is 12.1. The molecule has 5 nitrogen and oxygen atoms in total. The van der Waals surface area contributed by atoms with Crippen LogP contribution in [-0.4, -0.2) is 17.0 Å². The molecule has 0 atom stereocenters. The van der Waals surface area contributed by atoms with Crippen LogP contribution in [0.15, 0.2) is 34.7 Å². The Morgan fingerprint density at radius 2 is 2.05 bits per heavy atom. The van der Waals surface area contributed by atoms with Crippen LogP contribution in [0.1, 0.15) is 27.4 Å². The van der Waals surface area contributed by atoms with Crippen LogP contribution < -0.4 is 5.32 Å². The van der Waals surface area contributed by atoms with E-state index in [1.807, 2.05) is 6.07 Å². The van der Waals surface area contributed by atoms with Crippen molar-refractivity contribution in [3.8, 4) is 0 Å². The third-order valence-electron chi connectivity index (χ3n) is 2.97. The minimum Gasteiger partial charge on any atom is -0.478 e. The second-order valence-electron chi connectivity index (χ2n) is 4.53. The molecular weight excluding hydrogens is 294 g/mol. The van der Waals surface area contributed by atoms with Crippen molar-refractivity contribution in [3.63, 3.8) is 0 Å². The SMILES string of the molecule is Cc1oc(CNC(=O)Cc2ccccc2Cl)cc1C(=O)O. The number of halogens is 1. The topological polar surface area (TPSA) is 79.5 Å². The fraction of sp³-hybridized carbons (Fsp3) is 0.200. The van der Waals surface area contributed by atoms with Gasteiger partial charge in [-0.1, -0.05) is 29.8 Å². The van der Waals surface area contributed by atoms with Gasteiger partial charge in [0, 0.05) is 5.02 Å². The standard InChI is InChI=1S/C15H14ClNO4/c1-9-12(15(19)20)7-11(21-9)8-17-14(18)6-10-4-2-3-5-13(10)16/h2-5,7H,6,8H2,1H3,(H,17,18)(H,19,20). The number of hydrogen-bond acceptors (Lipinski definition) is 3. The Labute approximate surface area is 126 Å². The summed E-state index contributed by atoms with van der Waals surface area (Å²) in [5.74, 6) is -0.547. The van der Waals surface area contributed by atoms with Crippen molar-refractivity contribution < 1.29 is 19.1 Å². The van der Waals surface area contributed by atoms with Gasteiger partial charge in [-0.25, -0.2) is 4.79 Å². The Morgan fingerprint density at radius 3 is 2.67 bits per heavy atom. The second kappa shape index (κ2) is 6.45. The fourth-order valence-electron chi connectivity index (χ4n) is 1.91. The molecule has 110 valence electrons. The molecular formula is C15H14ClNO4. The van der Waals surface area contributed by atoms with Gasteiger partial charge in [-0.15, -0.1) is 0 Å². The molecule has 0 saturated carbocycles. The first-order chi connectivity index (χ1) is 9.97. The van der Waals surface area contributed by atoms with Crippen molar-refractivity contribution in [2.75, 3.05) is 0 Å². The fourth-order valence-corrected chi connectivity index (χ4v) is 2.11. The summed E-state index contributed by atoms with van der Waals surface area (Å²) in [5.41, 5.74) is 0.837. The van der Waals surface area contributed by atoms with Crippen molar-refractivity contribution in [2.24, 2.45) is 0 Å². The largest absolute Gasteiger partial charge is 0.478 e. The number of rotatable bonds is 5. The maximum absolute atomic E-state index is 11.8. The predicted molar refractivity (Wildman–Crippen MR) is 77.4 cm³/mol. The zero-order valence-electron chi connectivity index (χ0n) is 11.4. The van der Waals surface area contributed by atoms with E-state index < -0.39 is 5.97 Å². The maximum Gasteiger partial charge on any atom is 0.339 e. The summed E-state index contributed by atoms with van der Waals surface area (Å²) >= 11 is 5.98. The minimum atomic E-state index is -1.05. The van der Waals surface area contributed by atoms with Crippen LogP contribution in [0.3, 0.4) is 0 Å². The lowest BCUT2D eigenvalue weighted by Crippen LogP contribution is -2.24. The average Bonchev–Trinajstić information content (AvgIpc) is 2.80. The minimum absolute atomic E-state index is 0.102. The highest BCUT2D eigenvalue weighted by molar-refractivity contribution is 6.31. The molecule has 2 rings (SSSR count). The summed E-state index contributed by atoms with van der Waals surface area (Å²) in [7, 11) is 0. The van der Waals surface area contributed by atoms with E-state index in [1.54, 1.807) is 25.1 Å². The zero-order chi connectivity index (χ0) is 15.4. The number of aryl methyl sites for hydroxylation is 1. The highest BCUT2D eigenvalue weighted by Crippen LogP contribution is 2.16. The lowest BCUT2D eigenvalue weighted by Gasteiger charge is -2.05. The molecule has 21 heavy (non-hydrogen) atoms. The summed E-state index contributed by atoms with van der Waals surface area (Å²) in [6, 6.07) is 8.51. The molecule has 0 aliphatic rings. The first kappa shape index (κ1) is 15.1. The third-order valence-corrected chi connectivity index (χ3v) is 3.34. The number of benzene rings is 1. The van der Waals surface area contributed by atoms with Crippen LogP contribution in [0.2, 0.25) is 5.02 Å². The van der Waals surface area contributed by atoms with E-state index >= 15 is 0 Å². The van der Waals surface area contributed by atoms with Crippen LogP contribution in [0.25, 0.3) is 0 Å². The molecule has 0 spiro atoms. The zero-order valence-corrected chi connectivity index (χ0v) is 12.1. The molecule has 1 aromatic heterocycles. The molecule has 0 unspecified atom stereocenters. The first-order valence-electron chi connectivity index (χ1n) is 6.30. The number of carboxylic acid groups (broad SMARTS) is 1. The van der Waals surface area contributed by atoms with Gasteiger partial charge in [-0.05, 0) is 24.6 Å². The second-order valence-corrected chi connectivity index (χ2v) is 4.94. The predicted octanol–water partition coefficient (Wildman–Crippen LogP) is 2.80. The van der Waals surface area contributed by atoms with Crippen LogP contribution in [-0.2, 0) is 17.8 Å². The van der Waals surface area contributed by atoms with Gasteiger partial charge in [0.05, 0.1) is 13.0 Å².